The molecule has 1 aromatic rings. The Labute approximate surface area is 82.3 Å². The average molecular weight is 196 g/mol. The van der Waals surface area contributed by atoms with Crippen LogP contribution >= 0.6 is 0 Å². The van der Waals surface area contributed by atoms with Gasteiger partial charge >= 0.3 is 0 Å². The molecule has 0 aliphatic carbocycles. The van der Waals surface area contributed by atoms with E-state index in [-0.39, 0.29) is 11.5 Å². The number of nitrogens with two attached hydrogens (primary N) is 1. The molecular weight excluding hydrogens is 183 g/mol. The third-order valence-electron chi connectivity index (χ3n) is 1.91. The van der Waals surface area contributed by atoms with Crippen LogP contribution in [0.1, 0.15) is 15.9 Å². The lowest BCUT2D eigenvalue weighted by molar-refractivity contribution is 0.0823. The van der Waals surface area contributed by atoms with Gasteiger partial charge in [-0.2, -0.15) is 0 Å². The summed E-state index contributed by atoms with van der Waals surface area (Å²) in [7, 11) is 3.14. The summed E-state index contributed by atoms with van der Waals surface area (Å²) in [6.07, 6.45) is 0. The zero-order valence-corrected chi connectivity index (χ0v) is 8.47. The van der Waals surface area contributed by atoms with Crippen molar-refractivity contribution in [2.24, 2.45) is 0 Å². The van der Waals surface area contributed by atoms with Gasteiger partial charge in [-0.25, -0.2) is 4.39 Å². The van der Waals surface area contributed by atoms with Crippen LogP contribution < -0.4 is 5.73 Å². The van der Waals surface area contributed by atoms with Crippen LogP contribution in [0, 0.1) is 12.7 Å². The Balaban J connectivity index is 3.27. The topological polar surface area (TPSA) is 46.3 Å². The minimum Gasteiger partial charge on any atom is -0.399 e. The number of benzene rings is 1. The van der Waals surface area contributed by atoms with E-state index >= 15 is 0 Å². The number of carbonyl (C=O) groups excluding carboxylic acids is 1. The second kappa shape index (κ2) is 3.65. The van der Waals surface area contributed by atoms with Crippen LogP contribution in [-0.2, 0) is 0 Å². The van der Waals surface area contributed by atoms with Gasteiger partial charge in [0.25, 0.3) is 5.91 Å². The van der Waals surface area contributed by atoms with E-state index in [9.17, 15) is 9.18 Å². The monoisotopic (exact) mass is 196 g/mol. The van der Waals surface area contributed by atoms with Crippen molar-refractivity contribution in [3.63, 3.8) is 0 Å². The smallest absolute Gasteiger partial charge is 0.256 e. The predicted octanol–water partition coefficient (Wildman–Crippen LogP) is 1.42. The Hall–Kier alpha value is -1.58. The first-order chi connectivity index (χ1) is 6.43. The van der Waals surface area contributed by atoms with Crippen molar-refractivity contribution in [1.29, 1.82) is 0 Å². The van der Waals surface area contributed by atoms with E-state index in [4.69, 9.17) is 5.73 Å². The Kier molecular flexibility index (Phi) is 2.74. The van der Waals surface area contributed by atoms with Gasteiger partial charge in [0.15, 0.2) is 0 Å². The number of carbonyl (C=O) groups is 1. The Bertz CT molecular complexity index is 375. The maximum atomic E-state index is 13.5. The van der Waals surface area contributed by atoms with E-state index in [2.05, 4.69) is 0 Å². The highest BCUT2D eigenvalue weighted by atomic mass is 19.1. The molecule has 2 N–H and O–H groups in total. The fraction of sp³-hybridized carbons (Fsp3) is 0.300. The van der Waals surface area contributed by atoms with Gasteiger partial charge in [-0.1, -0.05) is 0 Å². The van der Waals surface area contributed by atoms with Gasteiger partial charge in [-0.15, -0.1) is 0 Å². The number of nitrogens with zero attached hydrogens (tertiary/aromatic N) is 1. The van der Waals surface area contributed by atoms with Gasteiger partial charge in [-0.05, 0) is 24.6 Å². The number of anilines is 1. The summed E-state index contributed by atoms with van der Waals surface area (Å²) in [6.45, 7) is 1.58. The van der Waals surface area contributed by atoms with Crippen molar-refractivity contribution in [3.8, 4) is 0 Å². The predicted molar refractivity (Wildman–Crippen MR) is 53.6 cm³/mol. The first-order valence-electron chi connectivity index (χ1n) is 4.20. The van der Waals surface area contributed by atoms with E-state index < -0.39 is 5.82 Å². The molecule has 1 amide bonds. The third kappa shape index (κ3) is 1.84. The average Bonchev–Trinajstić information content (AvgIpc) is 2.09. The van der Waals surface area contributed by atoms with Crippen molar-refractivity contribution in [2.75, 3.05) is 19.8 Å². The molecule has 0 aromatic heterocycles. The molecule has 0 saturated heterocycles. The minimum absolute atomic E-state index is 0.0208. The molecule has 0 fully saturated rings. The second-order valence-corrected chi connectivity index (χ2v) is 3.40. The molecule has 14 heavy (non-hydrogen) atoms. The van der Waals surface area contributed by atoms with Crippen LogP contribution in [0.15, 0.2) is 12.1 Å². The van der Waals surface area contributed by atoms with Gasteiger partial charge in [-0.3, -0.25) is 4.79 Å². The minimum atomic E-state index is -0.502. The molecule has 0 unspecified atom stereocenters. The van der Waals surface area contributed by atoms with Crippen LogP contribution in [0.4, 0.5) is 10.1 Å². The van der Waals surface area contributed by atoms with Gasteiger partial charge in [0.2, 0.25) is 0 Å². The van der Waals surface area contributed by atoms with Gasteiger partial charge in [0.1, 0.15) is 5.82 Å². The molecule has 0 heterocycles. The molecule has 76 valence electrons. The number of hydrogen-bond donors (Lipinski definition) is 1. The highest BCUT2D eigenvalue weighted by molar-refractivity contribution is 5.95. The van der Waals surface area contributed by atoms with Gasteiger partial charge in [0.05, 0.1) is 5.56 Å². The second-order valence-electron chi connectivity index (χ2n) is 3.40. The summed E-state index contributed by atoms with van der Waals surface area (Å²) in [5.74, 6) is -0.879. The molecule has 4 heteroatoms. The van der Waals surface area contributed by atoms with Crippen LogP contribution in [0.3, 0.4) is 0 Å². The van der Waals surface area contributed by atoms with Crippen molar-refractivity contribution in [3.05, 3.63) is 29.1 Å². The summed E-state index contributed by atoms with van der Waals surface area (Å²) in [4.78, 5) is 12.8. The molecule has 0 radical (unpaired) electrons. The van der Waals surface area contributed by atoms with E-state index in [1.165, 1.54) is 17.0 Å². The molecule has 0 aliphatic heterocycles. The normalized spacial score (nSPS) is 10.0. The highest BCUT2D eigenvalue weighted by Gasteiger charge is 2.15. The molecule has 0 bridgehead atoms. The van der Waals surface area contributed by atoms with E-state index in [1.807, 2.05) is 0 Å². The van der Waals surface area contributed by atoms with Crippen molar-refractivity contribution in [1.82, 2.24) is 4.90 Å². The highest BCUT2D eigenvalue weighted by Crippen LogP contribution is 2.17. The molecule has 0 aliphatic rings. The number of hydrogen-bond acceptors (Lipinski definition) is 2. The fourth-order valence-corrected chi connectivity index (χ4v) is 1.19. The summed E-state index contributed by atoms with van der Waals surface area (Å²) >= 11 is 0. The summed E-state index contributed by atoms with van der Waals surface area (Å²) in [5.41, 5.74) is 6.33. The Morgan fingerprint density at radius 2 is 2.00 bits per heavy atom. The quantitative estimate of drug-likeness (QED) is 0.690. The first-order valence-corrected chi connectivity index (χ1v) is 4.20. The maximum absolute atomic E-state index is 13.5. The fourth-order valence-electron chi connectivity index (χ4n) is 1.19. The number of rotatable bonds is 1. The lowest BCUT2D eigenvalue weighted by atomic mass is 10.1. The summed E-state index contributed by atoms with van der Waals surface area (Å²) < 4.78 is 13.5. The van der Waals surface area contributed by atoms with Gasteiger partial charge in [0, 0.05) is 19.8 Å². The number of halogens is 1. The van der Waals surface area contributed by atoms with E-state index in [1.54, 1.807) is 21.0 Å². The van der Waals surface area contributed by atoms with Gasteiger partial charge < -0.3 is 10.6 Å². The standard InChI is InChI=1S/C10H13FN2O/c1-6-4-7(12)5-8(9(6)11)10(14)13(2)3/h4-5H,12H2,1-3H3. The molecule has 3 nitrogen and oxygen atoms in total. The number of nitrogen functional groups attached to an aromatic ring is 1. The van der Waals surface area contributed by atoms with Crippen LogP contribution in [0.5, 0.6) is 0 Å². The Morgan fingerprint density at radius 3 is 2.50 bits per heavy atom. The molecule has 0 spiro atoms. The SMILES string of the molecule is Cc1cc(N)cc(C(=O)N(C)C)c1F. The van der Waals surface area contributed by atoms with E-state index in [0.717, 1.165) is 0 Å². The van der Waals surface area contributed by atoms with Crippen LogP contribution in [0.2, 0.25) is 0 Å². The van der Waals surface area contributed by atoms with Crippen molar-refractivity contribution < 1.29 is 9.18 Å². The zero-order valence-electron chi connectivity index (χ0n) is 8.47. The first kappa shape index (κ1) is 10.5. The van der Waals surface area contributed by atoms with Crippen molar-refractivity contribution in [2.45, 2.75) is 6.92 Å². The maximum Gasteiger partial charge on any atom is 0.256 e. The summed E-state index contributed by atoms with van der Waals surface area (Å²) in [6, 6.07) is 2.85. The lowest BCUT2D eigenvalue weighted by Crippen LogP contribution is -2.23. The Morgan fingerprint density at radius 1 is 1.43 bits per heavy atom. The third-order valence-corrected chi connectivity index (χ3v) is 1.91. The number of aryl methyl sites for hydroxylation is 1. The molecular formula is C10H13FN2O. The largest absolute Gasteiger partial charge is 0.399 e. The van der Waals surface area contributed by atoms with E-state index in [0.29, 0.717) is 11.3 Å². The molecule has 0 saturated carbocycles. The van der Waals surface area contributed by atoms with Crippen LogP contribution in [-0.4, -0.2) is 24.9 Å². The summed E-state index contributed by atoms with van der Waals surface area (Å²) in [5, 5.41) is 0. The number of amides is 1. The zero-order chi connectivity index (χ0) is 10.9. The van der Waals surface area contributed by atoms with Crippen LogP contribution in [0.25, 0.3) is 0 Å². The van der Waals surface area contributed by atoms with Crippen molar-refractivity contribution >= 4 is 11.6 Å². The molecule has 0 atom stereocenters. The molecule has 1 aromatic carbocycles. The lowest BCUT2D eigenvalue weighted by Gasteiger charge is -2.12. The molecule has 1 rings (SSSR count).